The minimum atomic E-state index is -3.53. The molecule has 2 fully saturated rings. The highest BCUT2D eigenvalue weighted by atomic mass is 79.9. The number of benzene rings is 1. The Morgan fingerprint density at radius 1 is 1.20 bits per heavy atom. The minimum Gasteiger partial charge on any atom is -0.375 e. The van der Waals surface area contributed by atoms with Crippen LogP contribution in [0.1, 0.15) is 25.7 Å². The average Bonchev–Trinajstić information content (AvgIpc) is 3.13. The number of fused-ring (bicyclic) bond motifs is 1. The molecule has 2 aromatic rings. The Bertz CT molecular complexity index is 849. The van der Waals surface area contributed by atoms with E-state index in [2.05, 4.69) is 20.9 Å². The van der Waals surface area contributed by atoms with E-state index in [1.54, 1.807) is 4.31 Å². The van der Waals surface area contributed by atoms with Crippen molar-refractivity contribution in [3.63, 3.8) is 0 Å². The van der Waals surface area contributed by atoms with Crippen molar-refractivity contribution in [2.24, 2.45) is 0 Å². The Hall–Kier alpha value is -0.800. The van der Waals surface area contributed by atoms with Crippen LogP contribution in [0.4, 0.5) is 0 Å². The van der Waals surface area contributed by atoms with Gasteiger partial charge in [-0.05, 0) is 25.0 Å². The van der Waals surface area contributed by atoms with E-state index in [0.717, 1.165) is 40.7 Å². The molecule has 4 rings (SSSR count). The van der Waals surface area contributed by atoms with Gasteiger partial charge in [0.25, 0.3) is 10.0 Å². The Kier molecular flexibility index (Phi) is 4.98. The maximum atomic E-state index is 13.2. The molecule has 2 unspecified atom stereocenters. The maximum Gasteiger partial charge on any atom is 0.254 e. The van der Waals surface area contributed by atoms with Gasteiger partial charge < -0.3 is 4.74 Å². The summed E-state index contributed by atoms with van der Waals surface area (Å²) in [5, 5.41) is 0.722. The van der Waals surface area contributed by atoms with Crippen molar-refractivity contribution in [3.05, 3.63) is 34.9 Å². The minimum absolute atomic E-state index is 0.0364. The smallest absolute Gasteiger partial charge is 0.254 e. The Labute approximate surface area is 160 Å². The predicted octanol–water partition coefficient (Wildman–Crippen LogP) is 3.90. The Balaban J connectivity index is 1.63. The third kappa shape index (κ3) is 3.42. The number of thiazole rings is 1. The third-order valence-corrected chi connectivity index (χ3v) is 8.76. The zero-order chi connectivity index (χ0) is 17.4. The first-order valence-electron chi connectivity index (χ1n) is 8.41. The quantitative estimate of drug-likeness (QED) is 0.722. The lowest BCUT2D eigenvalue weighted by atomic mass is 9.91. The fourth-order valence-electron chi connectivity index (χ4n) is 3.58. The summed E-state index contributed by atoms with van der Waals surface area (Å²) in [5.74, 6) is 0. The Morgan fingerprint density at radius 2 is 1.96 bits per heavy atom. The zero-order valence-corrected chi connectivity index (χ0v) is 16.8. The van der Waals surface area contributed by atoms with Crippen LogP contribution in [0.5, 0.6) is 0 Å². The molecule has 1 saturated carbocycles. The third-order valence-electron chi connectivity index (χ3n) is 4.82. The number of rotatable bonds is 3. The normalized spacial score (nSPS) is 24.8. The van der Waals surface area contributed by atoms with Gasteiger partial charge in [0.2, 0.25) is 0 Å². The van der Waals surface area contributed by atoms with E-state index >= 15 is 0 Å². The number of aromatic nitrogens is 1. The van der Waals surface area contributed by atoms with Gasteiger partial charge in [-0.3, -0.25) is 0 Å². The lowest BCUT2D eigenvalue weighted by Crippen LogP contribution is -2.54. The van der Waals surface area contributed by atoms with Crippen LogP contribution < -0.4 is 0 Å². The fourth-order valence-corrected chi connectivity index (χ4v) is 6.77. The molecule has 0 radical (unpaired) electrons. The summed E-state index contributed by atoms with van der Waals surface area (Å²) in [5.41, 5.74) is 0.923. The van der Waals surface area contributed by atoms with Gasteiger partial charge >= 0.3 is 0 Å². The van der Waals surface area contributed by atoms with Gasteiger partial charge in [0, 0.05) is 16.6 Å². The highest BCUT2D eigenvalue weighted by Crippen LogP contribution is 2.35. The number of morpholine rings is 1. The second-order valence-electron chi connectivity index (χ2n) is 6.37. The molecule has 0 bridgehead atoms. The van der Waals surface area contributed by atoms with Crippen LogP contribution in [0.2, 0.25) is 0 Å². The van der Waals surface area contributed by atoms with Crippen LogP contribution >= 0.6 is 27.3 Å². The van der Waals surface area contributed by atoms with Gasteiger partial charge in [0.15, 0.2) is 4.21 Å². The topological polar surface area (TPSA) is 59.5 Å². The largest absolute Gasteiger partial charge is 0.375 e. The van der Waals surface area contributed by atoms with Gasteiger partial charge in [-0.2, -0.15) is 4.31 Å². The molecule has 5 nitrogen and oxygen atoms in total. The Morgan fingerprint density at radius 3 is 2.76 bits per heavy atom. The number of halogens is 1. The number of ether oxygens (including phenoxy) is 1. The van der Waals surface area contributed by atoms with Crippen molar-refractivity contribution in [1.82, 2.24) is 9.29 Å². The molecule has 2 heterocycles. The summed E-state index contributed by atoms with van der Waals surface area (Å²) in [6, 6.07) is 7.70. The van der Waals surface area contributed by atoms with Gasteiger partial charge in [-0.1, -0.05) is 40.9 Å². The van der Waals surface area contributed by atoms with Crippen molar-refractivity contribution in [2.75, 3.05) is 13.2 Å². The highest BCUT2D eigenvalue weighted by Gasteiger charge is 2.41. The van der Waals surface area contributed by atoms with E-state index in [0.29, 0.717) is 17.4 Å². The molecular formula is C17H19BrN2O3S2. The number of hydrogen-bond acceptors (Lipinski definition) is 5. The molecule has 1 aromatic carbocycles. The summed E-state index contributed by atoms with van der Waals surface area (Å²) in [4.78, 5) is 4.35. The first-order valence-corrected chi connectivity index (χ1v) is 11.5. The molecule has 0 spiro atoms. The van der Waals surface area contributed by atoms with E-state index in [4.69, 9.17) is 4.74 Å². The van der Waals surface area contributed by atoms with E-state index < -0.39 is 10.0 Å². The molecule has 134 valence electrons. The van der Waals surface area contributed by atoms with E-state index in [1.807, 2.05) is 24.3 Å². The molecule has 1 aliphatic carbocycles. The summed E-state index contributed by atoms with van der Waals surface area (Å²) in [7, 11) is -3.53. The monoisotopic (exact) mass is 442 g/mol. The van der Waals surface area contributed by atoms with E-state index in [9.17, 15) is 8.42 Å². The van der Waals surface area contributed by atoms with Crippen molar-refractivity contribution in [2.45, 2.75) is 42.0 Å². The maximum absolute atomic E-state index is 13.2. The molecular weight excluding hydrogens is 424 g/mol. The van der Waals surface area contributed by atoms with Gasteiger partial charge in [0.05, 0.1) is 24.9 Å². The van der Waals surface area contributed by atoms with E-state index in [-0.39, 0.29) is 12.1 Å². The van der Waals surface area contributed by atoms with Crippen LogP contribution in [-0.2, 0) is 14.8 Å². The summed E-state index contributed by atoms with van der Waals surface area (Å²) < 4.78 is 35.1. The van der Waals surface area contributed by atoms with Crippen LogP contribution in [0.25, 0.3) is 10.6 Å². The van der Waals surface area contributed by atoms with Crippen molar-refractivity contribution < 1.29 is 13.2 Å². The molecule has 0 N–H and O–H groups in total. The molecule has 25 heavy (non-hydrogen) atoms. The molecule has 8 heteroatoms. The lowest BCUT2D eigenvalue weighted by Gasteiger charge is -2.42. The highest BCUT2D eigenvalue weighted by molar-refractivity contribution is 9.10. The van der Waals surface area contributed by atoms with E-state index in [1.165, 1.54) is 17.5 Å². The van der Waals surface area contributed by atoms with Gasteiger partial charge in [-0.15, -0.1) is 11.3 Å². The van der Waals surface area contributed by atoms with Crippen LogP contribution in [0.15, 0.2) is 39.1 Å². The summed E-state index contributed by atoms with van der Waals surface area (Å²) in [6.45, 7) is 0.897. The molecule has 1 saturated heterocycles. The molecule has 1 aliphatic heterocycles. The SMILES string of the molecule is O=S(=O)(c1cnc(-c2ccc(Br)cc2)s1)N1CCOC2CCCCC21. The first kappa shape index (κ1) is 17.6. The van der Waals surface area contributed by atoms with Gasteiger partial charge in [0.1, 0.15) is 5.01 Å². The number of hydrogen-bond donors (Lipinski definition) is 0. The van der Waals surface area contributed by atoms with Crippen molar-refractivity contribution in [1.29, 1.82) is 0 Å². The van der Waals surface area contributed by atoms with Crippen molar-refractivity contribution >= 4 is 37.3 Å². The van der Waals surface area contributed by atoms with Crippen LogP contribution in [0, 0.1) is 0 Å². The van der Waals surface area contributed by atoms with Crippen LogP contribution in [-0.4, -0.2) is 43.0 Å². The number of sulfonamides is 1. The molecule has 1 aromatic heterocycles. The summed E-state index contributed by atoms with van der Waals surface area (Å²) >= 11 is 4.64. The second-order valence-corrected chi connectivity index (χ2v) is 10.4. The standard InChI is InChI=1S/C17H19BrN2O3S2/c18-13-7-5-12(6-8-13)17-19-11-16(24-17)25(21,22)20-9-10-23-15-4-2-1-3-14(15)20/h5-8,11,14-15H,1-4,9-10H2. The number of nitrogens with zero attached hydrogens (tertiary/aromatic N) is 2. The zero-order valence-electron chi connectivity index (χ0n) is 13.6. The molecule has 2 atom stereocenters. The second kappa shape index (κ2) is 7.08. The lowest BCUT2D eigenvalue weighted by molar-refractivity contribution is -0.0585. The average molecular weight is 443 g/mol. The van der Waals surface area contributed by atoms with Gasteiger partial charge in [-0.25, -0.2) is 13.4 Å². The first-order chi connectivity index (χ1) is 12.1. The van der Waals surface area contributed by atoms with Crippen molar-refractivity contribution in [3.8, 4) is 10.6 Å². The molecule has 2 aliphatic rings. The summed E-state index contributed by atoms with van der Waals surface area (Å²) in [6.07, 6.45) is 5.53. The molecule has 0 amide bonds. The van der Waals surface area contributed by atoms with Crippen LogP contribution in [0.3, 0.4) is 0 Å². The predicted molar refractivity (Wildman–Crippen MR) is 101 cm³/mol. The fraction of sp³-hybridized carbons (Fsp3) is 0.471.